The molecule has 0 saturated carbocycles. The van der Waals surface area contributed by atoms with Gasteiger partial charge in [0.1, 0.15) is 5.75 Å². The number of anilines is 1. The molecule has 0 aliphatic rings. The summed E-state index contributed by atoms with van der Waals surface area (Å²) in [5, 5.41) is 2.69. The maximum atomic E-state index is 12.1. The summed E-state index contributed by atoms with van der Waals surface area (Å²) in [6.45, 7) is 1.52. The Balaban J connectivity index is 1.97. The van der Waals surface area contributed by atoms with Gasteiger partial charge in [-0.25, -0.2) is 4.79 Å². The standard InChI is InChI=1S/C17H16BrNO4/c1-11(16(20)19-14-8-6-13(18)7-9-14)23-17(21)12-4-3-5-15(10-12)22-2/h3-11H,1-2H3,(H,19,20). The first kappa shape index (κ1) is 17.0. The summed E-state index contributed by atoms with van der Waals surface area (Å²) in [5.41, 5.74) is 0.954. The molecule has 0 aliphatic carbocycles. The number of rotatable bonds is 5. The van der Waals surface area contributed by atoms with E-state index < -0.39 is 18.0 Å². The second kappa shape index (κ2) is 7.78. The average molecular weight is 378 g/mol. The fourth-order valence-corrected chi connectivity index (χ4v) is 2.07. The van der Waals surface area contributed by atoms with Crippen LogP contribution in [0.5, 0.6) is 5.75 Å². The molecule has 0 aromatic heterocycles. The Morgan fingerprint density at radius 2 is 1.83 bits per heavy atom. The van der Waals surface area contributed by atoms with Gasteiger partial charge in [0.05, 0.1) is 12.7 Å². The molecule has 6 heteroatoms. The second-order valence-corrected chi connectivity index (χ2v) is 5.69. The summed E-state index contributed by atoms with van der Waals surface area (Å²) in [6.07, 6.45) is -0.919. The van der Waals surface area contributed by atoms with Gasteiger partial charge in [0.15, 0.2) is 6.10 Å². The molecule has 5 nitrogen and oxygen atoms in total. The minimum atomic E-state index is -0.919. The summed E-state index contributed by atoms with van der Waals surface area (Å²) < 4.78 is 11.1. The van der Waals surface area contributed by atoms with E-state index in [-0.39, 0.29) is 0 Å². The Morgan fingerprint density at radius 3 is 2.48 bits per heavy atom. The van der Waals surface area contributed by atoms with E-state index >= 15 is 0 Å². The first-order valence-corrected chi connectivity index (χ1v) is 7.70. The normalized spacial score (nSPS) is 11.4. The van der Waals surface area contributed by atoms with Crippen molar-refractivity contribution in [3.8, 4) is 5.75 Å². The molecule has 120 valence electrons. The summed E-state index contributed by atoms with van der Waals surface area (Å²) in [7, 11) is 1.51. The lowest BCUT2D eigenvalue weighted by Gasteiger charge is -2.14. The number of hydrogen-bond donors (Lipinski definition) is 1. The number of nitrogens with one attached hydrogen (secondary N) is 1. The van der Waals surface area contributed by atoms with Crippen LogP contribution < -0.4 is 10.1 Å². The molecule has 1 atom stereocenters. The second-order valence-electron chi connectivity index (χ2n) is 4.78. The number of benzene rings is 2. The number of halogens is 1. The summed E-state index contributed by atoms with van der Waals surface area (Å²) in [6, 6.07) is 13.7. The van der Waals surface area contributed by atoms with E-state index in [2.05, 4.69) is 21.2 Å². The molecule has 0 radical (unpaired) electrons. The fraction of sp³-hybridized carbons (Fsp3) is 0.176. The van der Waals surface area contributed by atoms with Gasteiger partial charge in [-0.15, -0.1) is 0 Å². The van der Waals surface area contributed by atoms with Crippen molar-refractivity contribution >= 4 is 33.5 Å². The first-order chi connectivity index (χ1) is 11.0. The molecule has 0 spiro atoms. The van der Waals surface area contributed by atoms with Crippen LogP contribution in [0.15, 0.2) is 53.0 Å². The van der Waals surface area contributed by atoms with Gasteiger partial charge < -0.3 is 14.8 Å². The molecular formula is C17H16BrNO4. The number of hydrogen-bond acceptors (Lipinski definition) is 4. The highest BCUT2D eigenvalue weighted by Gasteiger charge is 2.19. The zero-order valence-electron chi connectivity index (χ0n) is 12.7. The predicted octanol–water partition coefficient (Wildman–Crippen LogP) is 3.64. The van der Waals surface area contributed by atoms with Crippen LogP contribution >= 0.6 is 15.9 Å². The molecule has 0 saturated heterocycles. The summed E-state index contributed by atoms with van der Waals surface area (Å²) in [4.78, 5) is 24.1. The number of carbonyl (C=O) groups is 2. The van der Waals surface area contributed by atoms with Gasteiger partial charge >= 0.3 is 5.97 Å². The maximum absolute atomic E-state index is 12.1. The van der Waals surface area contributed by atoms with Crippen molar-refractivity contribution in [2.45, 2.75) is 13.0 Å². The predicted molar refractivity (Wildman–Crippen MR) is 90.6 cm³/mol. The monoisotopic (exact) mass is 377 g/mol. The Hall–Kier alpha value is -2.34. The molecule has 0 aliphatic heterocycles. The third-order valence-electron chi connectivity index (χ3n) is 3.07. The molecule has 0 bridgehead atoms. The van der Waals surface area contributed by atoms with E-state index in [9.17, 15) is 9.59 Å². The highest BCUT2D eigenvalue weighted by Crippen LogP contribution is 2.16. The van der Waals surface area contributed by atoms with Crippen LogP contribution in [-0.4, -0.2) is 25.1 Å². The van der Waals surface area contributed by atoms with Gasteiger partial charge in [-0.05, 0) is 49.4 Å². The zero-order valence-corrected chi connectivity index (χ0v) is 14.3. The largest absolute Gasteiger partial charge is 0.497 e. The Kier molecular flexibility index (Phi) is 5.76. The Morgan fingerprint density at radius 1 is 1.13 bits per heavy atom. The number of carbonyl (C=O) groups excluding carboxylic acids is 2. The van der Waals surface area contributed by atoms with Crippen LogP contribution in [0.1, 0.15) is 17.3 Å². The molecular weight excluding hydrogens is 362 g/mol. The van der Waals surface area contributed by atoms with Crippen molar-refractivity contribution in [2.24, 2.45) is 0 Å². The lowest BCUT2D eigenvalue weighted by atomic mass is 10.2. The van der Waals surface area contributed by atoms with E-state index in [4.69, 9.17) is 9.47 Å². The average Bonchev–Trinajstić information content (AvgIpc) is 2.56. The third kappa shape index (κ3) is 4.82. The van der Waals surface area contributed by atoms with Gasteiger partial charge in [-0.3, -0.25) is 4.79 Å². The van der Waals surface area contributed by atoms with Gasteiger partial charge in [-0.1, -0.05) is 22.0 Å². The van der Waals surface area contributed by atoms with Crippen molar-refractivity contribution in [1.82, 2.24) is 0 Å². The zero-order chi connectivity index (χ0) is 16.8. The van der Waals surface area contributed by atoms with Crippen molar-refractivity contribution in [3.05, 3.63) is 58.6 Å². The molecule has 2 rings (SSSR count). The Bertz CT molecular complexity index is 700. The molecule has 1 amide bonds. The van der Waals surface area contributed by atoms with Gasteiger partial charge in [-0.2, -0.15) is 0 Å². The number of amides is 1. The quantitative estimate of drug-likeness (QED) is 0.807. The Labute approximate surface area is 142 Å². The van der Waals surface area contributed by atoms with Crippen LogP contribution in [-0.2, 0) is 9.53 Å². The summed E-state index contributed by atoms with van der Waals surface area (Å²) >= 11 is 3.32. The fourth-order valence-electron chi connectivity index (χ4n) is 1.81. The SMILES string of the molecule is COc1cccc(C(=O)OC(C)C(=O)Nc2ccc(Br)cc2)c1. The third-order valence-corrected chi connectivity index (χ3v) is 3.60. The molecule has 0 fully saturated rings. The lowest BCUT2D eigenvalue weighted by molar-refractivity contribution is -0.123. The lowest BCUT2D eigenvalue weighted by Crippen LogP contribution is -2.30. The topological polar surface area (TPSA) is 64.6 Å². The minimum absolute atomic E-state index is 0.327. The highest BCUT2D eigenvalue weighted by atomic mass is 79.9. The first-order valence-electron chi connectivity index (χ1n) is 6.91. The van der Waals surface area contributed by atoms with Crippen LogP contribution in [0.25, 0.3) is 0 Å². The molecule has 1 N–H and O–H groups in total. The van der Waals surface area contributed by atoms with Crippen LogP contribution in [0, 0.1) is 0 Å². The smallest absolute Gasteiger partial charge is 0.339 e. The van der Waals surface area contributed by atoms with Gasteiger partial charge in [0.25, 0.3) is 5.91 Å². The summed E-state index contributed by atoms with van der Waals surface area (Å²) in [5.74, 6) is -0.433. The van der Waals surface area contributed by atoms with E-state index in [0.717, 1.165) is 4.47 Å². The molecule has 2 aromatic rings. The van der Waals surface area contributed by atoms with Crippen LogP contribution in [0.2, 0.25) is 0 Å². The number of esters is 1. The van der Waals surface area contributed by atoms with Crippen LogP contribution in [0.3, 0.4) is 0 Å². The van der Waals surface area contributed by atoms with E-state index in [1.807, 2.05) is 12.1 Å². The highest BCUT2D eigenvalue weighted by molar-refractivity contribution is 9.10. The van der Waals surface area contributed by atoms with Crippen molar-refractivity contribution in [3.63, 3.8) is 0 Å². The van der Waals surface area contributed by atoms with Crippen molar-refractivity contribution in [2.75, 3.05) is 12.4 Å². The van der Waals surface area contributed by atoms with E-state index in [1.54, 1.807) is 36.4 Å². The minimum Gasteiger partial charge on any atom is -0.497 e. The number of ether oxygens (including phenoxy) is 2. The molecule has 23 heavy (non-hydrogen) atoms. The van der Waals surface area contributed by atoms with Gasteiger partial charge in [0.2, 0.25) is 0 Å². The molecule has 0 heterocycles. The van der Waals surface area contributed by atoms with Crippen molar-refractivity contribution in [1.29, 1.82) is 0 Å². The van der Waals surface area contributed by atoms with E-state index in [0.29, 0.717) is 17.0 Å². The number of methoxy groups -OCH3 is 1. The molecule has 2 aromatic carbocycles. The van der Waals surface area contributed by atoms with Crippen molar-refractivity contribution < 1.29 is 19.1 Å². The maximum Gasteiger partial charge on any atom is 0.339 e. The van der Waals surface area contributed by atoms with Crippen LogP contribution in [0.4, 0.5) is 5.69 Å². The molecule has 1 unspecified atom stereocenters. The van der Waals surface area contributed by atoms with Gasteiger partial charge in [0, 0.05) is 10.2 Å². The van der Waals surface area contributed by atoms with E-state index in [1.165, 1.54) is 14.0 Å².